The summed E-state index contributed by atoms with van der Waals surface area (Å²) in [6, 6.07) is 45.3. The molecular formula is C40H34Cl2O4Zr. The van der Waals surface area contributed by atoms with Gasteiger partial charge in [-0.1, -0.05) is 133 Å². The Morgan fingerprint density at radius 2 is 1.02 bits per heavy atom. The number of phenolic OH excluding ortho intramolecular Hbond substituents is 2. The molecule has 0 atom stereocenters. The monoisotopic (exact) mass is 738 g/mol. The van der Waals surface area contributed by atoms with Crippen LogP contribution in [0.1, 0.15) is 11.1 Å². The number of aromatic hydroxyl groups is 2. The third-order valence-electron chi connectivity index (χ3n) is 7.72. The number of benzene rings is 6. The zero-order chi connectivity index (χ0) is 33.0. The van der Waals surface area contributed by atoms with E-state index < -0.39 is 20.8 Å². The van der Waals surface area contributed by atoms with Gasteiger partial charge in [0.1, 0.15) is 23.9 Å². The van der Waals surface area contributed by atoms with Crippen LogP contribution in [-0.4, -0.2) is 23.4 Å². The molecule has 0 saturated heterocycles. The van der Waals surface area contributed by atoms with Crippen LogP contribution in [0.15, 0.2) is 140 Å². The van der Waals surface area contributed by atoms with Crippen LogP contribution in [-0.2, 0) is 32.2 Å². The fourth-order valence-corrected chi connectivity index (χ4v) is 5.50. The molecule has 0 unspecified atom stereocenters. The topological polar surface area (TPSA) is 58.9 Å². The summed E-state index contributed by atoms with van der Waals surface area (Å²) in [5.74, 6) is 1.16. The molecule has 0 spiro atoms. The van der Waals surface area contributed by atoms with Crippen LogP contribution in [0.3, 0.4) is 0 Å². The van der Waals surface area contributed by atoms with Crippen molar-refractivity contribution in [2.75, 3.05) is 13.2 Å². The van der Waals surface area contributed by atoms with Crippen molar-refractivity contribution in [2.24, 2.45) is 0 Å². The number of aryl methyl sites for hydroxylation is 1. The Morgan fingerprint density at radius 3 is 1.62 bits per heavy atom. The van der Waals surface area contributed by atoms with E-state index in [9.17, 15) is 10.2 Å². The molecule has 0 aliphatic rings. The zero-order valence-electron chi connectivity index (χ0n) is 25.9. The van der Waals surface area contributed by atoms with Crippen LogP contribution in [0.4, 0.5) is 0 Å². The van der Waals surface area contributed by atoms with E-state index >= 15 is 0 Å². The summed E-state index contributed by atoms with van der Waals surface area (Å²) in [7, 11) is 9.87. The molecule has 0 amide bonds. The summed E-state index contributed by atoms with van der Waals surface area (Å²) >= 11 is -0.826. The Hall–Kier alpha value is -3.86. The van der Waals surface area contributed by atoms with Crippen LogP contribution >= 0.6 is 17.0 Å². The van der Waals surface area contributed by atoms with Gasteiger partial charge >= 0.3 is 37.9 Å². The number of hydrogen-bond donors (Lipinski definition) is 2. The van der Waals surface area contributed by atoms with Gasteiger partial charge in [-0.15, -0.1) is 0 Å². The second-order valence-corrected chi connectivity index (χ2v) is 14.5. The molecule has 2 N–H and O–H groups in total. The maximum absolute atomic E-state index is 11.3. The van der Waals surface area contributed by atoms with Gasteiger partial charge in [-0.25, -0.2) is 0 Å². The van der Waals surface area contributed by atoms with Crippen molar-refractivity contribution in [1.82, 2.24) is 0 Å². The molecule has 7 heteroatoms. The van der Waals surface area contributed by atoms with Gasteiger partial charge in [0.15, 0.2) is 0 Å². The molecule has 0 fully saturated rings. The first-order chi connectivity index (χ1) is 23.0. The molecule has 47 heavy (non-hydrogen) atoms. The summed E-state index contributed by atoms with van der Waals surface area (Å²) < 4.78 is 12.3. The fourth-order valence-electron chi connectivity index (χ4n) is 5.50. The molecule has 0 aliphatic heterocycles. The fraction of sp³-hybridized carbons (Fsp3) is 0.100. The van der Waals surface area contributed by atoms with E-state index in [0.29, 0.717) is 25.6 Å². The van der Waals surface area contributed by atoms with Gasteiger partial charge in [0.05, 0.1) is 13.2 Å². The average Bonchev–Trinajstić information content (AvgIpc) is 3.10. The van der Waals surface area contributed by atoms with Crippen molar-refractivity contribution < 1.29 is 40.5 Å². The van der Waals surface area contributed by atoms with E-state index in [0.717, 1.165) is 55.6 Å². The molecule has 6 aromatic carbocycles. The third-order valence-corrected chi connectivity index (χ3v) is 7.72. The molecule has 4 nitrogen and oxygen atoms in total. The molecule has 0 heterocycles. The molecule has 0 aromatic heterocycles. The zero-order valence-corrected chi connectivity index (χ0v) is 29.8. The van der Waals surface area contributed by atoms with Crippen molar-refractivity contribution in [2.45, 2.75) is 13.5 Å². The maximum atomic E-state index is 11.3. The van der Waals surface area contributed by atoms with E-state index in [4.69, 9.17) is 26.5 Å². The molecule has 6 rings (SSSR count). The predicted octanol–water partition coefficient (Wildman–Crippen LogP) is 11.0. The van der Waals surface area contributed by atoms with E-state index in [1.807, 2.05) is 146 Å². The standard InChI is InChI=1S/C40H34O4.2ClH.Zr/c1-28-22-23-38(37(26-28)36-21-11-19-34(40(36)42)30-14-6-3-7-15-30)44-25-24-43-27-31-16-8-9-17-32(31)35-20-10-18-33(39(35)41)29-12-4-2-5-13-29;;;/h2-23,26,41-42H,24-25,27H2,1H3;2*1H;/q;;;+2/p-2. The normalized spacial score (nSPS) is 10.5. The number of phenols is 2. The van der Waals surface area contributed by atoms with Gasteiger partial charge in [-0.05, 0) is 41.3 Å². The van der Waals surface area contributed by atoms with Crippen LogP contribution in [0.5, 0.6) is 17.2 Å². The van der Waals surface area contributed by atoms with Gasteiger partial charge in [-0.3, -0.25) is 0 Å². The van der Waals surface area contributed by atoms with Crippen molar-refractivity contribution in [3.8, 4) is 61.8 Å². The van der Waals surface area contributed by atoms with Gasteiger partial charge in [0.25, 0.3) is 0 Å². The quantitative estimate of drug-likeness (QED) is 0.137. The predicted molar refractivity (Wildman–Crippen MR) is 190 cm³/mol. The molecule has 0 aliphatic carbocycles. The van der Waals surface area contributed by atoms with Crippen LogP contribution in [0, 0.1) is 6.92 Å². The van der Waals surface area contributed by atoms with Crippen LogP contribution in [0.25, 0.3) is 44.5 Å². The molecular weight excluding hydrogens is 707 g/mol. The van der Waals surface area contributed by atoms with Gasteiger partial charge in [0.2, 0.25) is 0 Å². The minimum atomic E-state index is -0.826. The van der Waals surface area contributed by atoms with Crippen molar-refractivity contribution >= 4 is 17.0 Å². The summed E-state index contributed by atoms with van der Waals surface area (Å²) in [5, 5.41) is 22.5. The van der Waals surface area contributed by atoms with E-state index in [1.54, 1.807) is 0 Å². The molecule has 236 valence electrons. The number of para-hydroxylation sites is 2. The summed E-state index contributed by atoms with van der Waals surface area (Å²) in [6.45, 7) is 3.11. The third kappa shape index (κ3) is 8.74. The SMILES string of the molecule is Cc1ccc(OCCOCc2ccccc2-c2cccc(-c3ccccc3)c2O)c(-c2cccc(-c3ccccc3)c2O)c1.[Cl][Zr][Cl]. The van der Waals surface area contributed by atoms with Gasteiger partial charge < -0.3 is 19.7 Å². The molecule has 0 saturated carbocycles. The molecule has 0 bridgehead atoms. The van der Waals surface area contributed by atoms with Crippen LogP contribution < -0.4 is 4.74 Å². The van der Waals surface area contributed by atoms with Crippen molar-refractivity contribution in [3.63, 3.8) is 0 Å². The first kappa shape index (κ1) is 34.5. The van der Waals surface area contributed by atoms with Gasteiger partial charge in [0, 0.05) is 27.8 Å². The Kier molecular flexibility index (Phi) is 12.7. The second-order valence-electron chi connectivity index (χ2n) is 10.8. The Labute approximate surface area is 294 Å². The Bertz CT molecular complexity index is 1900. The summed E-state index contributed by atoms with van der Waals surface area (Å²) in [6.07, 6.45) is 0. The molecule has 0 radical (unpaired) electrons. The second kappa shape index (κ2) is 17.3. The number of hydrogen-bond acceptors (Lipinski definition) is 4. The van der Waals surface area contributed by atoms with E-state index in [2.05, 4.69) is 0 Å². The first-order valence-electron chi connectivity index (χ1n) is 15.1. The summed E-state index contributed by atoms with van der Waals surface area (Å²) in [5.41, 5.74) is 8.79. The average molecular weight is 741 g/mol. The minimum absolute atomic E-state index is 0.224. The van der Waals surface area contributed by atoms with Crippen LogP contribution in [0.2, 0.25) is 0 Å². The van der Waals surface area contributed by atoms with E-state index in [-0.39, 0.29) is 11.5 Å². The number of ether oxygens (including phenoxy) is 2. The summed E-state index contributed by atoms with van der Waals surface area (Å²) in [4.78, 5) is 0. The van der Waals surface area contributed by atoms with Crippen molar-refractivity contribution in [3.05, 3.63) is 151 Å². The van der Waals surface area contributed by atoms with E-state index in [1.165, 1.54) is 0 Å². The van der Waals surface area contributed by atoms with Gasteiger partial charge in [-0.2, -0.15) is 0 Å². The molecule has 6 aromatic rings. The number of rotatable bonds is 10. The Morgan fingerprint density at radius 1 is 0.532 bits per heavy atom. The number of halogens is 2. The van der Waals surface area contributed by atoms with Crippen molar-refractivity contribution in [1.29, 1.82) is 0 Å². The first-order valence-corrected chi connectivity index (χ1v) is 21.5. The Balaban J connectivity index is 0.00000139.